The van der Waals surface area contributed by atoms with Crippen molar-refractivity contribution in [2.24, 2.45) is 0 Å². The topological polar surface area (TPSA) is 57.2 Å². The zero-order valence-electron chi connectivity index (χ0n) is 13.2. The first kappa shape index (κ1) is 20.0. The fourth-order valence-corrected chi connectivity index (χ4v) is 5.94. The molecule has 0 fully saturated rings. The molecule has 0 heterocycles. The van der Waals surface area contributed by atoms with Crippen LogP contribution in [0.25, 0.3) is 0 Å². The molecule has 3 nitrogen and oxygen atoms in total. The number of hydrogen-bond acceptors (Lipinski definition) is 3. The molecule has 3 aromatic carbocycles. The number of rotatable bonds is 4. The van der Waals surface area contributed by atoms with E-state index in [0.29, 0.717) is 5.30 Å². The van der Waals surface area contributed by atoms with Gasteiger partial charge in [-0.2, -0.15) is 0 Å². The van der Waals surface area contributed by atoms with Crippen molar-refractivity contribution in [1.82, 2.24) is 0 Å². The van der Waals surface area contributed by atoms with Gasteiger partial charge in [0.2, 0.25) is 0 Å². The summed E-state index contributed by atoms with van der Waals surface area (Å²) in [6, 6.07) is 25.8. The maximum absolute atomic E-state index is 11.7. The molecule has 0 amide bonds. The summed E-state index contributed by atoms with van der Waals surface area (Å²) >= 11 is 0. The molecule has 0 aromatic heterocycles. The first-order chi connectivity index (χ1) is 11.1. The maximum atomic E-state index is 11.7. The summed E-state index contributed by atoms with van der Waals surface area (Å²) in [5, 5.41) is 2.57. The van der Waals surface area contributed by atoms with Gasteiger partial charge in [0.25, 0.3) is 0 Å². The van der Waals surface area contributed by atoms with Gasteiger partial charge < -0.3 is 4.55 Å². The summed E-state index contributed by atoms with van der Waals surface area (Å²) in [5.74, 6) is 0. The molecule has 0 aliphatic carbocycles. The summed E-state index contributed by atoms with van der Waals surface area (Å²) in [5.41, 5.74) is 0. The van der Waals surface area contributed by atoms with E-state index < -0.39 is 18.0 Å². The minimum atomic E-state index is -4.53. The molecule has 6 heteroatoms. The largest absolute Gasteiger partial charge is 1.00 e. The van der Waals surface area contributed by atoms with E-state index in [4.69, 9.17) is 0 Å². The molecule has 0 saturated carbocycles. The zero-order valence-corrected chi connectivity index (χ0v) is 18.0. The van der Waals surface area contributed by atoms with Crippen molar-refractivity contribution in [2.75, 3.05) is 0 Å². The zero-order chi connectivity index (χ0) is 16.3. The molecular weight excluding hydrogens is 366 g/mol. The van der Waals surface area contributed by atoms with Crippen LogP contribution in [0.5, 0.6) is 0 Å². The fourth-order valence-electron chi connectivity index (χ4n) is 2.43. The van der Waals surface area contributed by atoms with Gasteiger partial charge in [0.1, 0.15) is 10.1 Å². The predicted octanol–water partition coefficient (Wildman–Crippen LogP) is -0.647. The van der Waals surface area contributed by atoms with Gasteiger partial charge in [-0.1, -0.05) is 78.9 Å². The molecule has 0 saturated heterocycles. The van der Waals surface area contributed by atoms with Crippen LogP contribution in [0.2, 0.25) is 0 Å². The quantitative estimate of drug-likeness (QED) is 0.344. The second kappa shape index (κ2) is 8.83. The molecule has 0 bridgehead atoms. The first-order valence-electron chi connectivity index (χ1n) is 7.02. The van der Waals surface area contributed by atoms with Crippen molar-refractivity contribution in [2.45, 2.75) is 4.90 Å². The molecule has 0 unspecified atom stereocenters. The molecule has 116 valence electrons. The molecule has 3 aromatic rings. The summed E-state index contributed by atoms with van der Waals surface area (Å²) < 4.78 is 35.0. The van der Waals surface area contributed by atoms with E-state index in [-0.39, 0.29) is 56.3 Å². The van der Waals surface area contributed by atoms with Crippen molar-refractivity contribution >= 4 is 34.0 Å². The van der Waals surface area contributed by atoms with Gasteiger partial charge in [0.15, 0.2) is 0 Å². The molecule has 24 heavy (non-hydrogen) atoms. The van der Waals surface area contributed by atoms with E-state index >= 15 is 0 Å². The van der Waals surface area contributed by atoms with Crippen LogP contribution in [0.3, 0.4) is 0 Å². The Morgan fingerprint density at radius 2 is 1.08 bits per heavy atom. The average Bonchev–Trinajstić information content (AvgIpc) is 2.57. The minimum absolute atomic E-state index is 0. The van der Waals surface area contributed by atoms with Crippen LogP contribution >= 0.6 is 7.92 Å². The Bertz CT molecular complexity index is 860. The number of hydrogen-bond donors (Lipinski definition) is 0. The van der Waals surface area contributed by atoms with Crippen LogP contribution in [-0.2, 0) is 10.1 Å². The van der Waals surface area contributed by atoms with Crippen molar-refractivity contribution in [3.8, 4) is 0 Å². The van der Waals surface area contributed by atoms with Crippen LogP contribution in [0.4, 0.5) is 0 Å². The fraction of sp³-hybridized carbons (Fsp3) is 0. The van der Waals surface area contributed by atoms with Crippen molar-refractivity contribution in [1.29, 1.82) is 0 Å². The number of benzene rings is 3. The van der Waals surface area contributed by atoms with Crippen molar-refractivity contribution in [3.05, 3.63) is 84.9 Å². The van der Waals surface area contributed by atoms with Gasteiger partial charge in [-0.25, -0.2) is 8.42 Å². The van der Waals surface area contributed by atoms with Gasteiger partial charge >= 0.3 is 51.4 Å². The predicted molar refractivity (Wildman–Crippen MR) is 93.1 cm³/mol. The van der Waals surface area contributed by atoms with E-state index in [1.807, 2.05) is 60.7 Å². The summed E-state index contributed by atoms with van der Waals surface area (Å²) in [7, 11) is -5.64. The Kier molecular flexibility index (Phi) is 7.34. The van der Waals surface area contributed by atoms with E-state index in [0.717, 1.165) is 10.6 Å². The normalized spacial score (nSPS) is 11.1. The van der Waals surface area contributed by atoms with E-state index in [2.05, 4.69) is 0 Å². The molecule has 0 atom stereocenters. The Balaban J connectivity index is 0.00000208. The minimum Gasteiger partial charge on any atom is -0.744 e. The Labute approximate surface area is 186 Å². The van der Waals surface area contributed by atoms with E-state index in [9.17, 15) is 13.0 Å². The van der Waals surface area contributed by atoms with Crippen LogP contribution < -0.4 is 67.3 Å². The van der Waals surface area contributed by atoms with Gasteiger partial charge in [0, 0.05) is 5.30 Å². The van der Waals surface area contributed by atoms with Crippen molar-refractivity contribution in [3.63, 3.8) is 0 Å². The summed E-state index contributed by atoms with van der Waals surface area (Å²) in [6.07, 6.45) is 0. The molecule has 0 spiro atoms. The van der Waals surface area contributed by atoms with Crippen LogP contribution in [0, 0.1) is 0 Å². The molecule has 3 rings (SSSR count). The Morgan fingerprint density at radius 1 is 0.667 bits per heavy atom. The van der Waals surface area contributed by atoms with Crippen LogP contribution in [-0.4, -0.2) is 13.0 Å². The Morgan fingerprint density at radius 3 is 1.54 bits per heavy atom. The average molecular weight is 380 g/mol. The Hall–Kier alpha value is -0.364. The standard InChI is InChI=1S/C18H15O3PS.K/c19-23(20,21)18-14-8-7-13-17(18)22(15-9-3-1-4-10-15)16-11-5-2-6-12-16;/h1-14H,(H,19,20,21);/q;+1/p-1. The van der Waals surface area contributed by atoms with Gasteiger partial charge in [-0.15, -0.1) is 0 Å². The van der Waals surface area contributed by atoms with Gasteiger partial charge in [0.05, 0.1) is 4.90 Å². The first-order valence-corrected chi connectivity index (χ1v) is 9.77. The van der Waals surface area contributed by atoms with Crippen molar-refractivity contribution < 1.29 is 64.4 Å². The second-order valence-electron chi connectivity index (χ2n) is 4.93. The third-order valence-electron chi connectivity index (χ3n) is 3.40. The molecule has 0 radical (unpaired) electrons. The smallest absolute Gasteiger partial charge is 0.744 e. The van der Waals surface area contributed by atoms with Gasteiger partial charge in [-0.3, -0.25) is 0 Å². The molecule has 0 aliphatic heterocycles. The second-order valence-corrected chi connectivity index (χ2v) is 8.46. The summed E-state index contributed by atoms with van der Waals surface area (Å²) in [4.78, 5) is -0.140. The third-order valence-corrected chi connectivity index (χ3v) is 6.95. The third kappa shape index (κ3) is 4.62. The monoisotopic (exact) mass is 380 g/mol. The van der Waals surface area contributed by atoms with Crippen LogP contribution in [0.1, 0.15) is 0 Å². The SMILES string of the molecule is O=S(=O)([O-])c1ccccc1P(c1ccccc1)c1ccccc1.[K+]. The molecule has 0 N–H and O–H groups in total. The van der Waals surface area contributed by atoms with Gasteiger partial charge in [-0.05, 0) is 24.6 Å². The van der Waals surface area contributed by atoms with E-state index in [1.165, 1.54) is 6.07 Å². The summed E-state index contributed by atoms with van der Waals surface area (Å²) in [6.45, 7) is 0. The van der Waals surface area contributed by atoms with Crippen LogP contribution in [0.15, 0.2) is 89.8 Å². The molecule has 0 aliphatic rings. The van der Waals surface area contributed by atoms with E-state index in [1.54, 1.807) is 18.2 Å². The maximum Gasteiger partial charge on any atom is 1.00 e. The molecular formula is C18H14KO3PS.